The van der Waals surface area contributed by atoms with E-state index >= 15 is 0 Å². The molecule has 2 rings (SSSR count). The first-order chi connectivity index (χ1) is 20.2. The molecule has 232 valence electrons. The van der Waals surface area contributed by atoms with E-state index in [0.29, 0.717) is 11.1 Å². The van der Waals surface area contributed by atoms with Crippen molar-refractivity contribution in [3.8, 4) is 0 Å². The summed E-state index contributed by atoms with van der Waals surface area (Å²) in [6.45, 7) is 4.90. The second kappa shape index (κ2) is 16.4. The van der Waals surface area contributed by atoms with E-state index in [0.717, 1.165) is 0 Å². The highest BCUT2D eigenvalue weighted by atomic mass is 16.6. The van der Waals surface area contributed by atoms with Crippen molar-refractivity contribution in [2.45, 2.75) is 76.8 Å². The zero-order valence-electron chi connectivity index (χ0n) is 24.2. The minimum atomic E-state index is -1.59. The Balaban J connectivity index is 2.16. The topological polar surface area (TPSA) is 216 Å². The number of rotatable bonds is 15. The summed E-state index contributed by atoms with van der Waals surface area (Å²) < 4.78 is 10.4. The fraction of sp³-hybridized carbons (Fsp3) is 0.414. The van der Waals surface area contributed by atoms with Crippen LogP contribution in [0.5, 0.6) is 0 Å². The van der Waals surface area contributed by atoms with Crippen LogP contribution in [-0.2, 0) is 46.5 Å². The van der Waals surface area contributed by atoms with E-state index in [4.69, 9.17) is 15.2 Å². The molecule has 0 aliphatic carbocycles. The van der Waals surface area contributed by atoms with Crippen molar-refractivity contribution < 1.29 is 43.3 Å². The molecule has 0 aliphatic rings. The molecule has 0 fully saturated rings. The minimum absolute atomic E-state index is 0.104. The first kappa shape index (κ1) is 34.2. The summed E-state index contributed by atoms with van der Waals surface area (Å²) in [7, 11) is 0. The quantitative estimate of drug-likeness (QED) is 0.183. The lowest BCUT2D eigenvalue weighted by Gasteiger charge is -2.24. The van der Waals surface area contributed by atoms with Crippen LogP contribution in [0, 0.1) is 0 Å². The van der Waals surface area contributed by atoms with Crippen LogP contribution >= 0.6 is 0 Å². The molecule has 3 atom stereocenters. The monoisotopic (exact) mass is 599 g/mol. The summed E-state index contributed by atoms with van der Waals surface area (Å²) in [5, 5.41) is 16.6. The number of nitrogens with zero attached hydrogens (tertiary/aromatic N) is 1. The molecule has 0 unspecified atom stereocenters. The van der Waals surface area contributed by atoms with E-state index in [1.54, 1.807) is 63.2 Å². The van der Waals surface area contributed by atoms with Crippen molar-refractivity contribution in [1.29, 1.82) is 0 Å². The normalized spacial score (nSPS) is 13.0. The van der Waals surface area contributed by atoms with Crippen LogP contribution in [0.25, 0.3) is 0 Å². The van der Waals surface area contributed by atoms with Gasteiger partial charge in [-0.3, -0.25) is 24.2 Å². The number of hydrogen-bond acceptors (Lipinski definition) is 9. The van der Waals surface area contributed by atoms with Gasteiger partial charge in [0, 0.05) is 25.2 Å². The standard InChI is InChI=1S/C29H37N5O9/c1-29(2,3)43-24(36)12-11-20(34-28(41)42-17-18-8-5-4-6-9-18)25(37)32-21(15-23(30)35)26(38)33-22(27(39)40)14-19-10-7-13-31-16-19/h4-10,13,16,20-22H,11-12,14-15,17H2,1-3H3,(H2,30,35)(H,32,37)(H,33,38)(H,34,41)(H,39,40)/t20-,21-,22-/m0/s1. The number of nitrogens with one attached hydrogen (secondary N) is 3. The summed E-state index contributed by atoms with van der Waals surface area (Å²) in [5.41, 5.74) is 5.70. The number of nitrogens with two attached hydrogens (primary N) is 1. The molecule has 0 radical (unpaired) electrons. The molecule has 2 aromatic rings. The summed E-state index contributed by atoms with van der Waals surface area (Å²) in [6.07, 6.45) is 0.626. The summed E-state index contributed by atoms with van der Waals surface area (Å²) in [4.78, 5) is 78.6. The van der Waals surface area contributed by atoms with Crippen molar-refractivity contribution >= 4 is 35.8 Å². The lowest BCUT2D eigenvalue weighted by Crippen LogP contribution is -2.57. The number of primary amides is 1. The van der Waals surface area contributed by atoms with E-state index in [1.807, 2.05) is 0 Å². The number of benzene rings is 1. The van der Waals surface area contributed by atoms with Crippen molar-refractivity contribution in [2.75, 3.05) is 0 Å². The first-order valence-electron chi connectivity index (χ1n) is 13.4. The van der Waals surface area contributed by atoms with Crippen molar-refractivity contribution in [2.24, 2.45) is 5.73 Å². The summed E-state index contributed by atoms with van der Waals surface area (Å²) in [5.74, 6) is -4.91. The average Bonchev–Trinajstić information content (AvgIpc) is 2.93. The first-order valence-corrected chi connectivity index (χ1v) is 13.4. The zero-order chi connectivity index (χ0) is 32.0. The third-order valence-corrected chi connectivity index (χ3v) is 5.69. The Morgan fingerprint density at radius 2 is 1.51 bits per heavy atom. The Hall–Kier alpha value is -5.01. The molecule has 1 aromatic carbocycles. The second-order valence-electron chi connectivity index (χ2n) is 10.6. The van der Waals surface area contributed by atoms with Gasteiger partial charge in [0.05, 0.1) is 6.42 Å². The van der Waals surface area contributed by atoms with Crippen molar-refractivity contribution in [3.63, 3.8) is 0 Å². The van der Waals surface area contributed by atoms with Gasteiger partial charge in [-0.1, -0.05) is 36.4 Å². The Labute approximate surface area is 248 Å². The molecule has 4 amide bonds. The van der Waals surface area contributed by atoms with E-state index in [-0.39, 0.29) is 25.9 Å². The number of amides is 4. The molecule has 0 saturated carbocycles. The third-order valence-electron chi connectivity index (χ3n) is 5.69. The number of carboxylic acid groups (broad SMARTS) is 1. The third kappa shape index (κ3) is 13.5. The Morgan fingerprint density at radius 3 is 2.09 bits per heavy atom. The number of carbonyl (C=O) groups is 6. The maximum Gasteiger partial charge on any atom is 0.408 e. The van der Waals surface area contributed by atoms with Gasteiger partial charge in [0.15, 0.2) is 0 Å². The van der Waals surface area contributed by atoms with Gasteiger partial charge in [0.25, 0.3) is 0 Å². The van der Waals surface area contributed by atoms with Crippen LogP contribution < -0.4 is 21.7 Å². The molecule has 0 spiro atoms. The molecular weight excluding hydrogens is 562 g/mol. The Morgan fingerprint density at radius 1 is 0.884 bits per heavy atom. The molecule has 0 bridgehead atoms. The van der Waals surface area contributed by atoms with E-state index in [1.165, 1.54) is 12.4 Å². The number of pyridine rings is 1. The molecule has 1 heterocycles. The van der Waals surface area contributed by atoms with Gasteiger partial charge in [-0.05, 0) is 44.4 Å². The highest BCUT2D eigenvalue weighted by molar-refractivity contribution is 5.95. The van der Waals surface area contributed by atoms with Crippen LogP contribution in [0.2, 0.25) is 0 Å². The van der Waals surface area contributed by atoms with Gasteiger partial charge >= 0.3 is 18.0 Å². The highest BCUT2D eigenvalue weighted by Crippen LogP contribution is 2.11. The molecule has 1 aromatic heterocycles. The highest BCUT2D eigenvalue weighted by Gasteiger charge is 2.31. The Bertz CT molecular complexity index is 1270. The number of ether oxygens (including phenoxy) is 2. The predicted molar refractivity (Wildman–Crippen MR) is 152 cm³/mol. The number of alkyl carbamates (subject to hydrolysis) is 1. The molecular formula is C29H37N5O9. The predicted octanol–water partition coefficient (Wildman–Crippen LogP) is 0.971. The second-order valence-corrected chi connectivity index (χ2v) is 10.6. The molecule has 14 nitrogen and oxygen atoms in total. The minimum Gasteiger partial charge on any atom is -0.480 e. The molecule has 6 N–H and O–H groups in total. The number of aliphatic carboxylic acids is 1. The number of hydrogen-bond donors (Lipinski definition) is 5. The van der Waals surface area contributed by atoms with Gasteiger partial charge in [0.1, 0.15) is 30.3 Å². The molecule has 43 heavy (non-hydrogen) atoms. The number of carboxylic acids is 1. The van der Waals surface area contributed by atoms with E-state index in [2.05, 4.69) is 20.9 Å². The van der Waals surface area contributed by atoms with Crippen molar-refractivity contribution in [3.05, 3.63) is 66.0 Å². The summed E-state index contributed by atoms with van der Waals surface area (Å²) >= 11 is 0. The van der Waals surface area contributed by atoms with E-state index in [9.17, 15) is 33.9 Å². The maximum atomic E-state index is 13.3. The van der Waals surface area contributed by atoms with Gasteiger partial charge < -0.3 is 36.3 Å². The average molecular weight is 600 g/mol. The van der Waals surface area contributed by atoms with Crippen LogP contribution in [0.15, 0.2) is 54.9 Å². The summed E-state index contributed by atoms with van der Waals surface area (Å²) in [6, 6.07) is 7.56. The zero-order valence-corrected chi connectivity index (χ0v) is 24.2. The number of aromatic nitrogens is 1. The van der Waals surface area contributed by atoms with Gasteiger partial charge in [0.2, 0.25) is 17.7 Å². The Kier molecular flexibility index (Phi) is 13.1. The van der Waals surface area contributed by atoms with Crippen LogP contribution in [0.3, 0.4) is 0 Å². The molecule has 0 aliphatic heterocycles. The SMILES string of the molecule is CC(C)(C)OC(=O)CC[C@H](NC(=O)OCc1ccccc1)C(=O)N[C@@H](CC(N)=O)C(=O)N[C@@H](Cc1cccnc1)C(=O)O. The fourth-order valence-corrected chi connectivity index (χ4v) is 3.74. The van der Waals surface area contributed by atoms with Gasteiger partial charge in [-0.25, -0.2) is 9.59 Å². The molecule has 14 heteroatoms. The van der Waals surface area contributed by atoms with Gasteiger partial charge in [-0.15, -0.1) is 0 Å². The smallest absolute Gasteiger partial charge is 0.408 e. The van der Waals surface area contributed by atoms with Crippen LogP contribution in [0.4, 0.5) is 4.79 Å². The fourth-order valence-electron chi connectivity index (χ4n) is 3.74. The number of carbonyl (C=O) groups excluding carboxylic acids is 5. The van der Waals surface area contributed by atoms with Crippen LogP contribution in [0.1, 0.15) is 51.2 Å². The lowest BCUT2D eigenvalue weighted by molar-refractivity contribution is -0.155. The van der Waals surface area contributed by atoms with Crippen molar-refractivity contribution in [1.82, 2.24) is 20.9 Å². The lowest BCUT2D eigenvalue weighted by atomic mass is 10.1. The number of esters is 1. The van der Waals surface area contributed by atoms with Crippen LogP contribution in [-0.4, -0.2) is 69.6 Å². The maximum absolute atomic E-state index is 13.3. The van der Waals surface area contributed by atoms with E-state index < -0.39 is 65.9 Å². The molecule has 0 saturated heterocycles. The largest absolute Gasteiger partial charge is 0.480 e. The van der Waals surface area contributed by atoms with Gasteiger partial charge in [-0.2, -0.15) is 0 Å².